The fourth-order valence-corrected chi connectivity index (χ4v) is 5.96. The van der Waals surface area contributed by atoms with Crippen LogP contribution in [0.4, 0.5) is 11.4 Å². The van der Waals surface area contributed by atoms with Gasteiger partial charge in [0.2, 0.25) is 0 Å². The minimum Gasteiger partial charge on any atom is -0.337 e. The number of carbonyl (C=O) groups is 1. The van der Waals surface area contributed by atoms with E-state index in [0.29, 0.717) is 6.54 Å². The van der Waals surface area contributed by atoms with Crippen LogP contribution in [0, 0.1) is 13.0 Å². The van der Waals surface area contributed by atoms with Crippen molar-refractivity contribution in [3.8, 4) is 0 Å². The van der Waals surface area contributed by atoms with Gasteiger partial charge in [0.05, 0.1) is 13.3 Å². The average molecular weight is 463 g/mol. The summed E-state index contributed by atoms with van der Waals surface area (Å²) in [7, 11) is 0. The highest BCUT2D eigenvalue weighted by Gasteiger charge is 2.43. The van der Waals surface area contributed by atoms with Gasteiger partial charge in [-0.1, -0.05) is 87.9 Å². The summed E-state index contributed by atoms with van der Waals surface area (Å²) in [6.45, 7) is 17.5. The number of nitrogens with zero attached hydrogens (tertiary/aromatic N) is 2. The Bertz CT molecular complexity index is 1440. The van der Waals surface area contributed by atoms with Crippen LogP contribution >= 0.6 is 0 Å². The smallest absolute Gasteiger partial charge is 0.149 e. The van der Waals surface area contributed by atoms with Crippen LogP contribution in [0.3, 0.4) is 0 Å². The van der Waals surface area contributed by atoms with E-state index in [-0.39, 0.29) is 16.6 Å². The van der Waals surface area contributed by atoms with Crippen molar-refractivity contribution in [3.05, 3.63) is 101 Å². The molecule has 0 aliphatic carbocycles. The number of anilines is 1. The molecule has 178 valence electrons. The van der Waals surface area contributed by atoms with Crippen molar-refractivity contribution in [3.63, 3.8) is 0 Å². The largest absolute Gasteiger partial charge is 0.337 e. The molecule has 0 unspecified atom stereocenters. The first kappa shape index (κ1) is 23.2. The molecule has 0 saturated heterocycles. The molecule has 35 heavy (non-hydrogen) atoms. The normalized spacial score (nSPS) is 19.1. The maximum Gasteiger partial charge on any atom is 0.149 e. The van der Waals surface area contributed by atoms with Crippen molar-refractivity contribution in [2.45, 2.75) is 52.4 Å². The zero-order chi connectivity index (χ0) is 25.1. The summed E-state index contributed by atoms with van der Waals surface area (Å²) >= 11 is 0. The molecule has 3 aromatic rings. The predicted molar refractivity (Wildman–Crippen MR) is 147 cm³/mol. The first-order chi connectivity index (χ1) is 16.5. The van der Waals surface area contributed by atoms with E-state index >= 15 is 0 Å². The Morgan fingerprint density at radius 1 is 1.09 bits per heavy atom. The first-order valence-corrected chi connectivity index (χ1v) is 12.3. The standard InChI is InChI=1S/C32H34N2O/c1-21-15-16-23-17-18-27-30(24(23)19-21)32(5,6)29(34(27)20-22(2)35)14-10-13-28-31(3,4)25-11-8-9-12-26(25)33(28)7/h8-19H,7,20H2,1-6H3. The Hall–Kier alpha value is -3.59. The predicted octanol–water partition coefficient (Wildman–Crippen LogP) is 7.14. The van der Waals surface area contributed by atoms with Gasteiger partial charge in [0.1, 0.15) is 17.5 Å². The molecule has 0 N–H and O–H groups in total. The number of fused-ring (bicyclic) bond motifs is 4. The van der Waals surface area contributed by atoms with Gasteiger partial charge in [0.15, 0.2) is 0 Å². The van der Waals surface area contributed by atoms with Gasteiger partial charge in [-0.25, -0.2) is 0 Å². The van der Waals surface area contributed by atoms with Crippen molar-refractivity contribution in [2.24, 2.45) is 0 Å². The number of hydrogen-bond donors (Lipinski definition) is 0. The van der Waals surface area contributed by atoms with Gasteiger partial charge in [0.25, 0.3) is 0 Å². The third-order valence-corrected chi connectivity index (χ3v) is 7.69. The van der Waals surface area contributed by atoms with Crippen LogP contribution in [-0.2, 0) is 15.6 Å². The summed E-state index contributed by atoms with van der Waals surface area (Å²) in [6.07, 6.45) is 6.49. The number of carbonyl (C=O) groups excluding carboxylic acids is 1. The third-order valence-electron chi connectivity index (χ3n) is 7.69. The van der Waals surface area contributed by atoms with Gasteiger partial charge in [-0.2, -0.15) is 0 Å². The van der Waals surface area contributed by atoms with E-state index in [0.717, 1.165) is 23.1 Å². The van der Waals surface area contributed by atoms with Gasteiger partial charge >= 0.3 is 0 Å². The number of para-hydroxylation sites is 1. The lowest BCUT2D eigenvalue weighted by atomic mass is 9.80. The maximum atomic E-state index is 12.3. The second-order valence-electron chi connectivity index (χ2n) is 11.0. The Labute approximate surface area is 209 Å². The van der Waals surface area contributed by atoms with E-state index in [9.17, 15) is 4.79 Å². The molecule has 0 saturated carbocycles. The number of benzene rings is 3. The summed E-state index contributed by atoms with van der Waals surface area (Å²) < 4.78 is 2.04. The van der Waals surface area contributed by atoms with Crippen molar-refractivity contribution in [1.82, 2.24) is 0 Å². The fourth-order valence-electron chi connectivity index (χ4n) is 5.96. The summed E-state index contributed by atoms with van der Waals surface area (Å²) in [4.78, 5) is 14.5. The van der Waals surface area contributed by atoms with Crippen molar-refractivity contribution < 1.29 is 9.37 Å². The second-order valence-corrected chi connectivity index (χ2v) is 11.0. The number of ketones is 1. The van der Waals surface area contributed by atoms with Gasteiger partial charge in [-0.05, 0) is 47.9 Å². The minimum atomic E-state index is -0.245. The van der Waals surface area contributed by atoms with E-state index in [1.54, 1.807) is 6.92 Å². The monoisotopic (exact) mass is 462 g/mol. The van der Waals surface area contributed by atoms with E-state index in [4.69, 9.17) is 0 Å². The molecule has 0 fully saturated rings. The Morgan fingerprint density at radius 3 is 2.51 bits per heavy atom. The summed E-state index contributed by atoms with van der Waals surface area (Å²) in [5.41, 5.74) is 6.86. The van der Waals surface area contributed by atoms with Crippen LogP contribution in [0.2, 0.25) is 0 Å². The number of allylic oxidation sites excluding steroid dienone is 3. The molecular formula is C32H34N2O. The van der Waals surface area contributed by atoms with Crippen LogP contribution in [0.1, 0.15) is 51.3 Å². The summed E-state index contributed by atoms with van der Waals surface area (Å²) in [5, 5.41) is 2.50. The van der Waals surface area contributed by atoms with Crippen LogP contribution < -0.4 is 4.90 Å². The fraction of sp³-hybridized carbons (Fsp3) is 0.281. The lowest BCUT2D eigenvalue weighted by Crippen LogP contribution is -2.30. The summed E-state index contributed by atoms with van der Waals surface area (Å²) in [6, 6.07) is 20.6. The van der Waals surface area contributed by atoms with Gasteiger partial charge in [-0.3, -0.25) is 9.37 Å². The van der Waals surface area contributed by atoms with E-state index in [1.165, 1.54) is 27.5 Å². The SMILES string of the molecule is C=[N+]1c2ccccc2C(C)(C)[C-]1C=CC=C1N(CC(C)=O)c2ccc3ccc(C)cc3c2C1(C)C. The summed E-state index contributed by atoms with van der Waals surface area (Å²) in [5.74, 6) is 0.151. The third kappa shape index (κ3) is 3.53. The number of aryl methyl sites for hydroxylation is 1. The highest BCUT2D eigenvalue weighted by Crippen LogP contribution is 2.51. The zero-order valence-electron chi connectivity index (χ0n) is 21.6. The lowest BCUT2D eigenvalue weighted by molar-refractivity contribution is -0.405. The molecule has 2 aliphatic rings. The van der Waals surface area contributed by atoms with Gasteiger partial charge < -0.3 is 4.90 Å². The quantitative estimate of drug-likeness (QED) is 0.304. The number of hydrogen-bond acceptors (Lipinski definition) is 2. The van der Waals surface area contributed by atoms with E-state index in [2.05, 4.69) is 119 Å². The maximum absolute atomic E-state index is 12.3. The van der Waals surface area contributed by atoms with Gasteiger partial charge in [-0.15, -0.1) is 6.08 Å². The topological polar surface area (TPSA) is 23.3 Å². The molecule has 2 aliphatic heterocycles. The molecule has 0 amide bonds. The number of rotatable bonds is 4. The van der Waals surface area contributed by atoms with Crippen LogP contribution in [0.25, 0.3) is 10.8 Å². The molecule has 0 bridgehead atoms. The van der Waals surface area contributed by atoms with Crippen LogP contribution in [-0.4, -0.2) is 23.6 Å². The number of Topliss-reactive ketones (excluding diaryl/α,β-unsaturated/α-hetero) is 1. The van der Waals surface area contributed by atoms with Crippen molar-refractivity contribution in [1.29, 1.82) is 0 Å². The van der Waals surface area contributed by atoms with E-state index < -0.39 is 0 Å². The van der Waals surface area contributed by atoms with Crippen molar-refractivity contribution in [2.75, 3.05) is 11.4 Å². The minimum absolute atomic E-state index is 0.131. The van der Waals surface area contributed by atoms with Gasteiger partial charge in [0, 0.05) is 22.2 Å². The molecule has 2 heterocycles. The molecule has 0 aromatic heterocycles. The lowest BCUT2D eigenvalue weighted by Gasteiger charge is -2.27. The first-order valence-electron chi connectivity index (χ1n) is 12.3. The Morgan fingerprint density at radius 2 is 1.80 bits per heavy atom. The average Bonchev–Trinajstić information content (AvgIpc) is 3.13. The highest BCUT2D eigenvalue weighted by atomic mass is 16.1. The molecule has 3 nitrogen and oxygen atoms in total. The molecule has 0 radical (unpaired) electrons. The highest BCUT2D eigenvalue weighted by molar-refractivity contribution is 5.97. The zero-order valence-corrected chi connectivity index (χ0v) is 21.6. The molecule has 0 atom stereocenters. The molecule has 3 aromatic carbocycles. The Kier molecular flexibility index (Phi) is 5.28. The van der Waals surface area contributed by atoms with Crippen molar-refractivity contribution >= 4 is 34.6 Å². The molecular weight excluding hydrogens is 428 g/mol. The Balaban J connectivity index is 1.59. The molecule has 5 rings (SSSR count). The second kappa shape index (κ2) is 7.98. The molecule has 0 spiro atoms. The van der Waals surface area contributed by atoms with Crippen LogP contribution in [0.15, 0.2) is 78.5 Å². The van der Waals surface area contributed by atoms with E-state index in [1.807, 2.05) is 4.58 Å². The van der Waals surface area contributed by atoms with Crippen LogP contribution in [0.5, 0.6) is 0 Å². The molecule has 3 heteroatoms.